The Balaban J connectivity index is 2.16. The Morgan fingerprint density at radius 1 is 1.47 bits per heavy atom. The monoisotopic (exact) mass is 256 g/mol. The van der Waals surface area contributed by atoms with Crippen LogP contribution in [0.1, 0.15) is 19.8 Å². The number of sulfone groups is 1. The van der Waals surface area contributed by atoms with Crippen LogP contribution in [0.3, 0.4) is 0 Å². The maximum Gasteiger partial charge on any atom is 0.181 e. The van der Waals surface area contributed by atoms with Crippen LogP contribution >= 0.6 is 0 Å². The molecule has 4 nitrogen and oxygen atoms in total. The van der Waals surface area contributed by atoms with Gasteiger partial charge in [-0.05, 0) is 38.0 Å². The first kappa shape index (κ1) is 12.4. The van der Waals surface area contributed by atoms with Gasteiger partial charge in [-0.2, -0.15) is 0 Å². The number of rotatable bonds is 5. The summed E-state index contributed by atoms with van der Waals surface area (Å²) in [7, 11) is -3.17. The predicted molar refractivity (Wildman–Crippen MR) is 63.8 cm³/mol. The molecule has 1 aliphatic carbocycles. The molecule has 5 heteroatoms. The normalized spacial score (nSPS) is 17.8. The van der Waals surface area contributed by atoms with Gasteiger partial charge in [0.15, 0.2) is 9.84 Å². The molecule has 0 unspecified atom stereocenters. The Morgan fingerprint density at radius 2 is 2.18 bits per heavy atom. The Bertz CT molecular complexity index is 489. The summed E-state index contributed by atoms with van der Waals surface area (Å²) in [6.45, 7) is 1.78. The van der Waals surface area contributed by atoms with E-state index in [4.69, 9.17) is 9.84 Å². The molecule has 1 aromatic rings. The van der Waals surface area contributed by atoms with Crippen LogP contribution in [-0.2, 0) is 9.84 Å². The van der Waals surface area contributed by atoms with Gasteiger partial charge in [0.05, 0.1) is 16.2 Å². The minimum atomic E-state index is -3.17. The van der Waals surface area contributed by atoms with Gasteiger partial charge < -0.3 is 9.84 Å². The fourth-order valence-corrected chi connectivity index (χ4v) is 3.22. The summed E-state index contributed by atoms with van der Waals surface area (Å²) in [4.78, 5) is 0.308. The van der Waals surface area contributed by atoms with Crippen molar-refractivity contribution < 1.29 is 18.3 Å². The zero-order chi connectivity index (χ0) is 12.5. The molecule has 0 aromatic heterocycles. The van der Waals surface area contributed by atoms with Crippen LogP contribution in [0.5, 0.6) is 5.75 Å². The third-order valence-electron chi connectivity index (χ3n) is 2.59. The zero-order valence-electron chi connectivity index (χ0n) is 9.67. The van der Waals surface area contributed by atoms with E-state index in [-0.39, 0.29) is 11.9 Å². The van der Waals surface area contributed by atoms with E-state index in [2.05, 4.69) is 0 Å². The lowest BCUT2D eigenvalue weighted by atomic mass is 10.3. The van der Waals surface area contributed by atoms with Gasteiger partial charge in [0.25, 0.3) is 0 Å². The largest absolute Gasteiger partial charge is 0.491 e. The van der Waals surface area contributed by atoms with Gasteiger partial charge >= 0.3 is 0 Å². The third kappa shape index (κ3) is 2.98. The first-order valence-electron chi connectivity index (χ1n) is 5.65. The summed E-state index contributed by atoms with van der Waals surface area (Å²) in [5.41, 5.74) is 0. The van der Waals surface area contributed by atoms with Gasteiger partial charge in [-0.1, -0.05) is 6.07 Å². The van der Waals surface area contributed by atoms with Gasteiger partial charge in [0.1, 0.15) is 12.4 Å². The van der Waals surface area contributed by atoms with Gasteiger partial charge in [-0.3, -0.25) is 0 Å². The second kappa shape index (κ2) is 4.66. The molecule has 1 fully saturated rings. The van der Waals surface area contributed by atoms with Crippen molar-refractivity contribution >= 4 is 9.84 Å². The second-order valence-corrected chi connectivity index (χ2v) is 6.61. The lowest BCUT2D eigenvalue weighted by Crippen LogP contribution is -2.13. The standard InChI is InChI=1S/C12H16O4S/c1-9(13)8-16-10-3-2-4-12(7-10)17(14,15)11-5-6-11/h2-4,7,9,11,13H,5-6,8H2,1H3/t9-/m0/s1. The number of aliphatic hydroxyl groups excluding tert-OH is 1. The molecule has 0 heterocycles. The smallest absolute Gasteiger partial charge is 0.181 e. The van der Waals surface area contributed by atoms with Gasteiger partial charge in [-0.25, -0.2) is 8.42 Å². The van der Waals surface area contributed by atoms with Crippen molar-refractivity contribution in [1.29, 1.82) is 0 Å². The first-order chi connectivity index (χ1) is 8.00. The maximum absolute atomic E-state index is 12.0. The van der Waals surface area contributed by atoms with Gasteiger partial charge in [0.2, 0.25) is 0 Å². The fourth-order valence-electron chi connectivity index (χ4n) is 1.53. The van der Waals surface area contributed by atoms with Crippen molar-refractivity contribution in [3.05, 3.63) is 24.3 Å². The highest BCUT2D eigenvalue weighted by atomic mass is 32.2. The average Bonchev–Trinajstić information content (AvgIpc) is 3.11. The molecule has 1 aromatic carbocycles. The van der Waals surface area contributed by atoms with Crippen LogP contribution in [0.2, 0.25) is 0 Å². The first-order valence-corrected chi connectivity index (χ1v) is 7.19. The molecule has 1 saturated carbocycles. The zero-order valence-corrected chi connectivity index (χ0v) is 10.5. The van der Waals surface area contributed by atoms with Crippen molar-refractivity contribution in [2.24, 2.45) is 0 Å². The molecule has 0 amide bonds. The fraction of sp³-hybridized carbons (Fsp3) is 0.500. The average molecular weight is 256 g/mol. The Kier molecular flexibility index (Phi) is 3.40. The number of hydrogen-bond donors (Lipinski definition) is 1. The van der Waals surface area contributed by atoms with Crippen LogP contribution in [-0.4, -0.2) is 31.5 Å². The lowest BCUT2D eigenvalue weighted by Gasteiger charge is -2.09. The molecule has 0 radical (unpaired) electrons. The molecule has 94 valence electrons. The van der Waals surface area contributed by atoms with E-state index in [1.54, 1.807) is 25.1 Å². The van der Waals surface area contributed by atoms with Crippen molar-refractivity contribution in [2.75, 3.05) is 6.61 Å². The van der Waals surface area contributed by atoms with E-state index >= 15 is 0 Å². The quantitative estimate of drug-likeness (QED) is 0.864. The SMILES string of the molecule is C[C@H](O)COc1cccc(S(=O)(=O)C2CC2)c1. The van der Waals surface area contributed by atoms with E-state index < -0.39 is 15.9 Å². The number of ether oxygens (including phenoxy) is 1. The second-order valence-electron chi connectivity index (χ2n) is 4.38. The van der Waals surface area contributed by atoms with Crippen LogP contribution in [0.4, 0.5) is 0 Å². The molecule has 0 bridgehead atoms. The summed E-state index contributed by atoms with van der Waals surface area (Å²) in [6.07, 6.45) is 0.932. The summed E-state index contributed by atoms with van der Waals surface area (Å²) in [5, 5.41) is 8.88. The molecule has 1 atom stereocenters. The van der Waals surface area contributed by atoms with Crippen molar-refractivity contribution in [3.63, 3.8) is 0 Å². The van der Waals surface area contributed by atoms with Crippen LogP contribution in [0.15, 0.2) is 29.2 Å². The van der Waals surface area contributed by atoms with Gasteiger partial charge in [-0.15, -0.1) is 0 Å². The van der Waals surface area contributed by atoms with E-state index in [0.29, 0.717) is 10.6 Å². The number of aliphatic hydroxyl groups is 1. The van der Waals surface area contributed by atoms with Gasteiger partial charge in [0, 0.05) is 0 Å². The number of benzene rings is 1. The molecule has 1 N–H and O–H groups in total. The minimum Gasteiger partial charge on any atom is -0.491 e. The number of hydrogen-bond acceptors (Lipinski definition) is 4. The summed E-state index contributed by atoms with van der Waals surface area (Å²) >= 11 is 0. The topological polar surface area (TPSA) is 63.6 Å². The highest BCUT2D eigenvalue weighted by Gasteiger charge is 2.36. The predicted octanol–water partition coefficient (Wildman–Crippen LogP) is 1.38. The van der Waals surface area contributed by atoms with Crippen molar-refractivity contribution in [1.82, 2.24) is 0 Å². The van der Waals surface area contributed by atoms with Crippen LogP contribution < -0.4 is 4.74 Å². The third-order valence-corrected chi connectivity index (χ3v) is 4.85. The van der Waals surface area contributed by atoms with Crippen molar-refractivity contribution in [3.8, 4) is 5.75 Å². The molecule has 1 aliphatic rings. The summed E-state index contributed by atoms with van der Waals surface area (Å²) in [6, 6.07) is 6.46. The van der Waals surface area contributed by atoms with Crippen LogP contribution in [0, 0.1) is 0 Å². The molecule has 17 heavy (non-hydrogen) atoms. The Labute approximate surface area is 101 Å². The van der Waals surface area contributed by atoms with E-state index in [0.717, 1.165) is 12.8 Å². The molecule has 0 aliphatic heterocycles. The highest BCUT2D eigenvalue weighted by Crippen LogP contribution is 2.34. The highest BCUT2D eigenvalue weighted by molar-refractivity contribution is 7.92. The molecular weight excluding hydrogens is 240 g/mol. The summed E-state index contributed by atoms with van der Waals surface area (Å²) in [5.74, 6) is 0.479. The van der Waals surface area contributed by atoms with E-state index in [1.165, 1.54) is 6.07 Å². The molecule has 0 saturated heterocycles. The summed E-state index contributed by atoms with van der Waals surface area (Å²) < 4.78 is 29.2. The molecular formula is C12H16O4S. The van der Waals surface area contributed by atoms with E-state index in [1.807, 2.05) is 0 Å². The minimum absolute atomic E-state index is 0.160. The van der Waals surface area contributed by atoms with Crippen LogP contribution in [0.25, 0.3) is 0 Å². The van der Waals surface area contributed by atoms with Crippen molar-refractivity contribution in [2.45, 2.75) is 36.0 Å². The molecule has 0 spiro atoms. The Morgan fingerprint density at radius 3 is 2.76 bits per heavy atom. The maximum atomic E-state index is 12.0. The Hall–Kier alpha value is -1.07. The van der Waals surface area contributed by atoms with E-state index in [9.17, 15) is 8.42 Å². The lowest BCUT2D eigenvalue weighted by molar-refractivity contribution is 0.122. The molecule has 2 rings (SSSR count).